The predicted molar refractivity (Wildman–Crippen MR) is 140 cm³/mol. The van der Waals surface area contributed by atoms with Crippen LogP contribution in [0.4, 0.5) is 0 Å². The van der Waals surface area contributed by atoms with Gasteiger partial charge in [0.15, 0.2) is 0 Å². The topological polar surface area (TPSA) is 79.4 Å². The number of amides is 1. The van der Waals surface area contributed by atoms with E-state index in [9.17, 15) is 9.59 Å². The fourth-order valence-corrected chi connectivity index (χ4v) is 5.62. The van der Waals surface area contributed by atoms with Crippen molar-refractivity contribution in [3.63, 3.8) is 0 Å². The van der Waals surface area contributed by atoms with Gasteiger partial charge in [-0.3, -0.25) is 9.59 Å². The Bertz CT molecular complexity index is 1270. The second-order valence-electron chi connectivity index (χ2n) is 10.1. The van der Waals surface area contributed by atoms with Crippen molar-refractivity contribution in [1.29, 1.82) is 0 Å². The smallest absolute Gasteiger partial charge is 0.256 e. The first-order valence-corrected chi connectivity index (χ1v) is 12.6. The number of nitrogens with zero attached hydrogens (tertiary/aromatic N) is 2. The molecule has 1 aliphatic rings. The number of benzene rings is 1. The van der Waals surface area contributed by atoms with Crippen molar-refractivity contribution in [1.82, 2.24) is 19.8 Å². The Hall–Kier alpha value is -3.06. The average Bonchev–Trinajstić information content (AvgIpc) is 3.14. The highest BCUT2D eigenvalue weighted by atomic mass is 16.5. The van der Waals surface area contributed by atoms with Gasteiger partial charge in [0, 0.05) is 34.4 Å². The van der Waals surface area contributed by atoms with Crippen LogP contribution >= 0.6 is 0 Å². The molecule has 3 aromatic rings. The molecule has 0 aliphatic carbocycles. The number of likely N-dealkylation sites (tertiary alicyclic amines) is 1. The third kappa shape index (κ3) is 4.87. The minimum absolute atomic E-state index is 0.0970. The average molecular weight is 479 g/mol. The number of rotatable bonds is 7. The van der Waals surface area contributed by atoms with E-state index in [1.807, 2.05) is 25.1 Å². The van der Waals surface area contributed by atoms with Crippen LogP contribution < -0.4 is 15.6 Å². The summed E-state index contributed by atoms with van der Waals surface area (Å²) in [7, 11) is 1.53. The third-order valence-electron chi connectivity index (χ3n) is 7.65. The quantitative estimate of drug-likeness (QED) is 0.522. The van der Waals surface area contributed by atoms with Crippen molar-refractivity contribution in [2.24, 2.45) is 5.92 Å². The summed E-state index contributed by atoms with van der Waals surface area (Å²) in [5, 5.41) is 3.92. The van der Waals surface area contributed by atoms with Gasteiger partial charge < -0.3 is 24.5 Å². The molecule has 0 radical (unpaired) electrons. The minimum atomic E-state index is -0.248. The van der Waals surface area contributed by atoms with Crippen molar-refractivity contribution in [2.45, 2.75) is 66.1 Å². The molecule has 0 unspecified atom stereocenters. The number of fused-ring (bicyclic) bond motifs is 1. The van der Waals surface area contributed by atoms with E-state index in [-0.39, 0.29) is 24.1 Å². The second kappa shape index (κ2) is 10.3. The molecule has 35 heavy (non-hydrogen) atoms. The molecule has 1 saturated heterocycles. The minimum Gasteiger partial charge on any atom is -0.496 e. The molecule has 2 N–H and O–H groups in total. The van der Waals surface area contributed by atoms with Gasteiger partial charge in [0.1, 0.15) is 5.75 Å². The molecule has 1 amide bonds. The van der Waals surface area contributed by atoms with Crippen LogP contribution in [0.15, 0.2) is 35.1 Å². The van der Waals surface area contributed by atoms with Crippen LogP contribution in [0.2, 0.25) is 0 Å². The standard InChI is InChI=1S/C28H38N4O3/c1-17(2)31-13-11-21(12-14-31)19(4)32-20(5)26(22-9-7-8-10-24(22)32)28(34)29-16-23-25(35-6)15-18(3)30-27(23)33/h7-10,15,17,19,21H,11-14,16H2,1-6H3,(H,29,34)(H,30,33)/t19-/m0/s1. The van der Waals surface area contributed by atoms with Gasteiger partial charge in [-0.25, -0.2) is 0 Å². The van der Waals surface area contributed by atoms with Gasteiger partial charge in [0.2, 0.25) is 0 Å². The molecule has 7 heteroatoms. The highest BCUT2D eigenvalue weighted by molar-refractivity contribution is 6.08. The molecule has 188 valence electrons. The molecule has 1 atom stereocenters. The molecule has 3 heterocycles. The van der Waals surface area contributed by atoms with Gasteiger partial charge >= 0.3 is 0 Å². The highest BCUT2D eigenvalue weighted by Gasteiger charge is 2.29. The van der Waals surface area contributed by atoms with Crippen LogP contribution in [0.5, 0.6) is 5.75 Å². The zero-order chi connectivity index (χ0) is 25.3. The maximum atomic E-state index is 13.5. The molecule has 7 nitrogen and oxygen atoms in total. The molecule has 1 aromatic carbocycles. The molecule has 0 spiro atoms. The Morgan fingerprint density at radius 1 is 1.17 bits per heavy atom. The van der Waals surface area contributed by atoms with E-state index in [2.05, 4.69) is 46.6 Å². The van der Waals surface area contributed by atoms with E-state index < -0.39 is 0 Å². The Labute approximate surface area is 207 Å². The largest absolute Gasteiger partial charge is 0.496 e. The van der Waals surface area contributed by atoms with Gasteiger partial charge in [0.25, 0.3) is 11.5 Å². The number of piperidine rings is 1. The predicted octanol–water partition coefficient (Wildman–Crippen LogP) is 4.57. The van der Waals surface area contributed by atoms with E-state index in [0.29, 0.717) is 34.5 Å². The number of hydrogen-bond donors (Lipinski definition) is 2. The van der Waals surface area contributed by atoms with Crippen LogP contribution in [0.25, 0.3) is 10.9 Å². The number of methoxy groups -OCH3 is 1. The van der Waals surface area contributed by atoms with Gasteiger partial charge in [0.05, 0.1) is 24.8 Å². The number of aromatic nitrogens is 2. The Balaban J connectivity index is 1.62. The van der Waals surface area contributed by atoms with E-state index in [0.717, 1.165) is 42.5 Å². The third-order valence-corrected chi connectivity index (χ3v) is 7.65. The van der Waals surface area contributed by atoms with Gasteiger partial charge in [-0.2, -0.15) is 0 Å². The molecular weight excluding hydrogens is 440 g/mol. The number of hydrogen-bond acceptors (Lipinski definition) is 4. The number of carbonyl (C=O) groups is 1. The molecule has 0 bridgehead atoms. The first kappa shape index (κ1) is 25.0. The Morgan fingerprint density at radius 2 is 1.86 bits per heavy atom. The van der Waals surface area contributed by atoms with Crippen molar-refractivity contribution < 1.29 is 9.53 Å². The number of H-pyrrole nitrogens is 1. The summed E-state index contributed by atoms with van der Waals surface area (Å²) < 4.78 is 7.73. The SMILES string of the molecule is COc1cc(C)[nH]c(=O)c1CNC(=O)c1c(C)n([C@@H](C)C2CCN(C(C)C)CC2)c2ccccc12. The lowest BCUT2D eigenvalue weighted by atomic mass is 9.89. The lowest BCUT2D eigenvalue weighted by Gasteiger charge is -2.38. The fraction of sp³-hybridized carbons (Fsp3) is 0.500. The Morgan fingerprint density at radius 3 is 2.51 bits per heavy atom. The molecule has 4 rings (SSSR count). The summed E-state index contributed by atoms with van der Waals surface area (Å²) in [5.74, 6) is 0.860. The summed E-state index contributed by atoms with van der Waals surface area (Å²) in [6.07, 6.45) is 2.31. The second-order valence-corrected chi connectivity index (χ2v) is 10.1. The number of pyridine rings is 1. The monoisotopic (exact) mass is 478 g/mol. The number of nitrogens with one attached hydrogen (secondary N) is 2. The number of carbonyl (C=O) groups excluding carboxylic acids is 1. The van der Waals surface area contributed by atoms with Crippen LogP contribution in [0.3, 0.4) is 0 Å². The van der Waals surface area contributed by atoms with E-state index in [1.165, 1.54) is 7.11 Å². The summed E-state index contributed by atoms with van der Waals surface area (Å²) in [4.78, 5) is 31.3. The van der Waals surface area contributed by atoms with Crippen LogP contribution in [0, 0.1) is 19.8 Å². The first-order chi connectivity index (χ1) is 16.7. The van der Waals surface area contributed by atoms with Gasteiger partial charge in [-0.15, -0.1) is 0 Å². The summed E-state index contributed by atoms with van der Waals surface area (Å²) in [5.41, 5.74) is 3.61. The van der Waals surface area contributed by atoms with Crippen LogP contribution in [0.1, 0.15) is 67.0 Å². The number of aromatic amines is 1. The zero-order valence-electron chi connectivity index (χ0n) is 21.8. The van der Waals surface area contributed by atoms with Gasteiger partial charge in [-0.05, 0) is 78.6 Å². The molecule has 1 aliphatic heterocycles. The fourth-order valence-electron chi connectivity index (χ4n) is 5.62. The number of aryl methyl sites for hydroxylation is 1. The highest BCUT2D eigenvalue weighted by Crippen LogP contribution is 2.36. The zero-order valence-corrected chi connectivity index (χ0v) is 21.8. The van der Waals surface area contributed by atoms with E-state index >= 15 is 0 Å². The lowest BCUT2D eigenvalue weighted by molar-refractivity contribution is 0.0950. The first-order valence-electron chi connectivity index (χ1n) is 12.6. The van der Waals surface area contributed by atoms with Crippen LogP contribution in [-0.4, -0.2) is 46.6 Å². The van der Waals surface area contributed by atoms with E-state index in [4.69, 9.17) is 4.74 Å². The maximum absolute atomic E-state index is 13.5. The molecular formula is C28H38N4O3. The molecule has 2 aromatic heterocycles. The summed E-state index contributed by atoms with van der Waals surface area (Å²) in [6.45, 7) is 13.0. The summed E-state index contributed by atoms with van der Waals surface area (Å²) in [6, 6.07) is 10.8. The van der Waals surface area contributed by atoms with Crippen LogP contribution in [-0.2, 0) is 6.54 Å². The number of para-hydroxylation sites is 1. The van der Waals surface area contributed by atoms with E-state index in [1.54, 1.807) is 13.0 Å². The van der Waals surface area contributed by atoms with Crippen molar-refractivity contribution in [3.8, 4) is 5.75 Å². The normalized spacial score (nSPS) is 16.1. The lowest BCUT2D eigenvalue weighted by Crippen LogP contribution is -2.40. The van der Waals surface area contributed by atoms with Crippen molar-refractivity contribution >= 4 is 16.8 Å². The van der Waals surface area contributed by atoms with Crippen molar-refractivity contribution in [3.05, 3.63) is 63.2 Å². The molecule has 1 fully saturated rings. The van der Waals surface area contributed by atoms with Crippen molar-refractivity contribution in [2.75, 3.05) is 20.2 Å². The molecule has 0 saturated carbocycles. The Kier molecular flexibility index (Phi) is 7.36. The number of ether oxygens (including phenoxy) is 1. The summed E-state index contributed by atoms with van der Waals surface area (Å²) >= 11 is 0. The maximum Gasteiger partial charge on any atom is 0.256 e. The van der Waals surface area contributed by atoms with Gasteiger partial charge in [-0.1, -0.05) is 18.2 Å².